The maximum Gasteiger partial charge on any atom is 0.168 e. The maximum absolute atomic E-state index is 11.2. The summed E-state index contributed by atoms with van der Waals surface area (Å²) in [5, 5.41) is 22.1. The topological polar surface area (TPSA) is 127 Å². The molecule has 2 fully saturated rings. The first-order valence-electron chi connectivity index (χ1n) is 14.3. The number of nitrogens with zero attached hydrogens (tertiary/aromatic N) is 6. The Morgan fingerprint density at radius 2 is 1.48 bits per heavy atom. The van der Waals surface area contributed by atoms with Crippen LogP contribution in [-0.4, -0.2) is 52.9 Å². The maximum atomic E-state index is 11.2. The molecular weight excluding hydrogens is 662 g/mol. The van der Waals surface area contributed by atoms with Crippen molar-refractivity contribution in [3.05, 3.63) is 75.4 Å². The Bertz CT molecular complexity index is 1840. The lowest BCUT2D eigenvalue weighted by Crippen LogP contribution is -2.08. The molecule has 2 N–H and O–H groups in total. The smallest absolute Gasteiger partial charge is 0.168 e. The first-order chi connectivity index (χ1) is 21.6. The van der Waals surface area contributed by atoms with Crippen LogP contribution in [0.25, 0.3) is 32.4 Å². The molecule has 6 heterocycles. The van der Waals surface area contributed by atoms with E-state index in [-0.39, 0.29) is 6.61 Å². The zero-order valence-electron chi connectivity index (χ0n) is 23.5. The minimum absolute atomic E-state index is 0.0358. The molecule has 0 aliphatic heterocycles. The number of rotatable bonds is 10. The molecule has 0 atom stereocenters. The molecule has 44 heavy (non-hydrogen) atoms. The fourth-order valence-electron chi connectivity index (χ4n) is 4.93. The van der Waals surface area contributed by atoms with Crippen molar-refractivity contribution in [2.24, 2.45) is 5.92 Å². The summed E-state index contributed by atoms with van der Waals surface area (Å²) in [4.78, 5) is 35.9. The molecule has 0 saturated heterocycles. The highest BCUT2D eigenvalue weighted by atomic mass is 79.9. The van der Waals surface area contributed by atoms with Crippen LogP contribution < -0.4 is 5.32 Å². The number of carbonyl (C=O) groups is 2. The molecule has 0 spiro atoms. The van der Waals surface area contributed by atoms with E-state index in [0.717, 1.165) is 67.8 Å². The van der Waals surface area contributed by atoms with Crippen molar-refractivity contribution in [3.63, 3.8) is 0 Å². The number of hydrogen-bond acceptors (Lipinski definition) is 10. The fraction of sp³-hybridized carbons (Fsp3) is 0.290. The van der Waals surface area contributed by atoms with E-state index < -0.39 is 0 Å². The molecule has 13 heteroatoms. The number of aromatic nitrogens is 6. The lowest BCUT2D eigenvalue weighted by atomic mass is 10.2. The Morgan fingerprint density at radius 1 is 0.864 bits per heavy atom. The molecule has 0 bridgehead atoms. The van der Waals surface area contributed by atoms with Gasteiger partial charge in [0, 0.05) is 32.9 Å². The van der Waals surface area contributed by atoms with E-state index in [2.05, 4.69) is 59.6 Å². The number of aldehydes is 2. The highest BCUT2D eigenvalue weighted by Gasteiger charge is 2.25. The van der Waals surface area contributed by atoms with Gasteiger partial charge in [-0.2, -0.15) is 14.7 Å². The molecule has 0 unspecified atom stereocenters. The van der Waals surface area contributed by atoms with Crippen LogP contribution >= 0.6 is 38.6 Å². The molecule has 224 valence electrons. The molecule has 6 aromatic rings. The van der Waals surface area contributed by atoms with Crippen LogP contribution in [0.1, 0.15) is 61.8 Å². The Balaban J connectivity index is 0.000000142. The summed E-state index contributed by atoms with van der Waals surface area (Å²) < 4.78 is 3.50. The quantitative estimate of drug-likeness (QED) is 0.124. The largest absolute Gasteiger partial charge is 0.391 e. The normalized spacial score (nSPS) is 14.5. The average Bonchev–Trinajstić information content (AvgIpc) is 3.76. The zero-order chi connectivity index (χ0) is 30.2. The fourth-order valence-corrected chi connectivity index (χ4v) is 7.11. The second-order valence-corrected chi connectivity index (χ2v) is 13.9. The van der Waals surface area contributed by atoms with Crippen molar-refractivity contribution >= 4 is 68.3 Å². The molecule has 2 saturated carbocycles. The monoisotopic (exact) mass is 689 g/mol. The van der Waals surface area contributed by atoms with E-state index in [1.165, 1.54) is 41.9 Å². The predicted molar refractivity (Wildman–Crippen MR) is 175 cm³/mol. The summed E-state index contributed by atoms with van der Waals surface area (Å²) >= 11 is 6.69. The number of carbonyl (C=O) groups excluding carboxylic acids is 2. The summed E-state index contributed by atoms with van der Waals surface area (Å²) in [5.74, 6) is 1.61. The van der Waals surface area contributed by atoms with E-state index in [9.17, 15) is 14.7 Å². The molecule has 0 radical (unpaired) electrons. The molecular formula is C31H28BrN7O3S2. The minimum Gasteiger partial charge on any atom is -0.391 e. The van der Waals surface area contributed by atoms with Gasteiger partial charge in [0.25, 0.3) is 0 Å². The molecule has 10 nitrogen and oxygen atoms in total. The van der Waals surface area contributed by atoms with Gasteiger partial charge in [-0.25, -0.2) is 14.5 Å². The molecule has 2 aliphatic rings. The molecule has 0 aromatic carbocycles. The van der Waals surface area contributed by atoms with Crippen molar-refractivity contribution in [2.45, 2.75) is 50.1 Å². The van der Waals surface area contributed by atoms with Crippen LogP contribution in [0.4, 0.5) is 5.82 Å². The lowest BCUT2D eigenvalue weighted by molar-refractivity contribution is 0.111. The molecule has 2 aliphatic carbocycles. The van der Waals surface area contributed by atoms with Crippen molar-refractivity contribution < 1.29 is 14.7 Å². The number of anilines is 1. The van der Waals surface area contributed by atoms with E-state index in [0.29, 0.717) is 28.5 Å². The van der Waals surface area contributed by atoms with E-state index >= 15 is 0 Å². The Hall–Kier alpha value is -3.78. The van der Waals surface area contributed by atoms with Gasteiger partial charge in [-0.15, -0.1) is 22.7 Å². The SMILES string of the molecule is O=Cc1cnn2c(CC3CC3)cc(-c3ccc(CO)s3)nc12.O=Cc1cnn2c(NC3CC3)cc(-c3ccc(CBr)s3)nc12. The van der Waals surface area contributed by atoms with Crippen LogP contribution in [0.15, 0.2) is 48.8 Å². The summed E-state index contributed by atoms with van der Waals surface area (Å²) in [7, 11) is 0. The molecule has 0 amide bonds. The van der Waals surface area contributed by atoms with Crippen molar-refractivity contribution in [2.75, 3.05) is 5.32 Å². The van der Waals surface area contributed by atoms with Crippen LogP contribution in [0, 0.1) is 5.92 Å². The Kier molecular flexibility index (Phi) is 8.10. The van der Waals surface area contributed by atoms with Crippen LogP contribution in [0.2, 0.25) is 0 Å². The van der Waals surface area contributed by atoms with Crippen molar-refractivity contribution in [1.29, 1.82) is 0 Å². The molecule has 6 aromatic heterocycles. The first kappa shape index (κ1) is 29.0. The number of aliphatic hydroxyl groups excluding tert-OH is 1. The number of aliphatic hydroxyl groups is 1. The zero-order valence-corrected chi connectivity index (χ0v) is 26.7. The van der Waals surface area contributed by atoms with Gasteiger partial charge in [-0.05, 0) is 68.4 Å². The van der Waals surface area contributed by atoms with Gasteiger partial charge >= 0.3 is 0 Å². The van der Waals surface area contributed by atoms with Crippen LogP contribution in [-0.2, 0) is 18.4 Å². The van der Waals surface area contributed by atoms with Gasteiger partial charge < -0.3 is 10.4 Å². The summed E-state index contributed by atoms with van der Waals surface area (Å²) in [6.45, 7) is 0.0358. The third-order valence-electron chi connectivity index (χ3n) is 7.57. The predicted octanol–water partition coefficient (Wildman–Crippen LogP) is 6.45. The van der Waals surface area contributed by atoms with Crippen LogP contribution in [0.3, 0.4) is 0 Å². The van der Waals surface area contributed by atoms with Gasteiger partial charge in [0.05, 0.1) is 51.3 Å². The van der Waals surface area contributed by atoms with E-state index in [1.807, 2.05) is 18.2 Å². The summed E-state index contributed by atoms with van der Waals surface area (Å²) in [6.07, 6.45) is 10.6. The highest BCUT2D eigenvalue weighted by molar-refractivity contribution is 9.08. The van der Waals surface area contributed by atoms with Crippen LogP contribution in [0.5, 0.6) is 0 Å². The van der Waals surface area contributed by atoms with Gasteiger partial charge in [0.1, 0.15) is 5.82 Å². The van der Waals surface area contributed by atoms with Gasteiger partial charge in [-0.1, -0.05) is 15.9 Å². The molecule has 8 rings (SSSR count). The number of halogens is 1. The Labute approximate surface area is 268 Å². The average molecular weight is 691 g/mol. The number of fused-ring (bicyclic) bond motifs is 2. The third-order valence-corrected chi connectivity index (χ3v) is 10.7. The van der Waals surface area contributed by atoms with E-state index in [1.54, 1.807) is 32.8 Å². The van der Waals surface area contributed by atoms with Gasteiger partial charge in [0.2, 0.25) is 0 Å². The van der Waals surface area contributed by atoms with Gasteiger partial charge in [0.15, 0.2) is 23.9 Å². The van der Waals surface area contributed by atoms with Crippen molar-refractivity contribution in [1.82, 2.24) is 29.2 Å². The number of thiophene rings is 2. The third kappa shape index (κ3) is 5.96. The number of alkyl halides is 1. The summed E-state index contributed by atoms with van der Waals surface area (Å²) in [6, 6.07) is 12.6. The number of hydrogen-bond donors (Lipinski definition) is 2. The second-order valence-electron chi connectivity index (χ2n) is 11.0. The summed E-state index contributed by atoms with van der Waals surface area (Å²) in [5.41, 5.74) is 5.05. The minimum atomic E-state index is 0.0358. The van der Waals surface area contributed by atoms with E-state index in [4.69, 9.17) is 0 Å². The first-order valence-corrected chi connectivity index (χ1v) is 17.1. The number of nitrogens with one attached hydrogen (secondary N) is 1. The van der Waals surface area contributed by atoms with Crippen molar-refractivity contribution in [3.8, 4) is 21.1 Å². The van der Waals surface area contributed by atoms with Gasteiger partial charge in [-0.3, -0.25) is 9.59 Å². The standard InChI is InChI=1S/C16H15N3O2S.C15H13BrN4OS/c20-8-11-7-17-19-12(5-10-1-2-10)6-14(18-16(11)19)15-4-3-13(9-21)22-15;16-6-11-3-4-13(22-11)12-5-14(18-10-1-2-10)20-15(19-12)9(8-21)7-17-20/h3-4,6-8,10,21H,1-2,5,9H2;3-5,7-8,10,18H,1-2,6H2. The Morgan fingerprint density at radius 3 is 2.05 bits per heavy atom. The lowest BCUT2D eigenvalue weighted by Gasteiger charge is -2.09. The highest BCUT2D eigenvalue weighted by Crippen LogP contribution is 2.35. The second kappa shape index (κ2) is 12.3.